The van der Waals surface area contributed by atoms with E-state index in [2.05, 4.69) is 5.32 Å². The van der Waals surface area contributed by atoms with Gasteiger partial charge in [0.25, 0.3) is 5.91 Å². The minimum Gasteiger partial charge on any atom is -0.493 e. The molecular weight excluding hydrogens is 434 g/mol. The van der Waals surface area contributed by atoms with Crippen molar-refractivity contribution in [3.63, 3.8) is 0 Å². The van der Waals surface area contributed by atoms with Crippen molar-refractivity contribution in [3.8, 4) is 17.2 Å². The van der Waals surface area contributed by atoms with E-state index in [9.17, 15) is 9.59 Å². The van der Waals surface area contributed by atoms with E-state index in [1.54, 1.807) is 31.2 Å². The first-order chi connectivity index (χ1) is 16.6. The van der Waals surface area contributed by atoms with Crippen LogP contribution < -0.4 is 19.5 Å². The fourth-order valence-electron chi connectivity index (χ4n) is 3.65. The molecule has 34 heavy (non-hydrogen) atoms. The maximum absolute atomic E-state index is 12.8. The smallest absolute Gasteiger partial charge is 0.342 e. The fraction of sp³-hybridized carbons (Fsp3) is 0.259. The number of hydrogen-bond donors (Lipinski definition) is 1. The summed E-state index contributed by atoms with van der Waals surface area (Å²) in [5.74, 6) is 0.867. The molecule has 176 valence electrons. The summed E-state index contributed by atoms with van der Waals surface area (Å²) >= 11 is 0. The van der Waals surface area contributed by atoms with Gasteiger partial charge in [0.15, 0.2) is 6.10 Å². The van der Waals surface area contributed by atoms with Crippen LogP contribution in [0.1, 0.15) is 35.3 Å². The molecule has 0 radical (unpaired) electrons. The predicted octanol–water partition coefficient (Wildman–Crippen LogP) is 4.33. The van der Waals surface area contributed by atoms with Crippen LogP contribution in [0.2, 0.25) is 0 Å². The van der Waals surface area contributed by atoms with Gasteiger partial charge in [-0.1, -0.05) is 48.5 Å². The first kappa shape index (κ1) is 23.2. The third kappa shape index (κ3) is 5.86. The summed E-state index contributed by atoms with van der Waals surface area (Å²) in [6, 6.07) is 23.6. The summed E-state index contributed by atoms with van der Waals surface area (Å²) in [5.41, 5.74) is 1.16. The molecule has 0 aromatic heterocycles. The van der Waals surface area contributed by atoms with Crippen LogP contribution in [0.25, 0.3) is 0 Å². The van der Waals surface area contributed by atoms with Gasteiger partial charge in [-0.3, -0.25) is 4.79 Å². The molecule has 1 N–H and O–H groups in total. The average Bonchev–Trinajstić information content (AvgIpc) is 2.87. The van der Waals surface area contributed by atoms with E-state index in [0.717, 1.165) is 17.1 Å². The molecule has 3 aromatic carbocycles. The van der Waals surface area contributed by atoms with Gasteiger partial charge in [-0.15, -0.1) is 0 Å². The molecule has 0 spiro atoms. The number of hydrogen-bond acceptors (Lipinski definition) is 6. The molecule has 0 aliphatic carbocycles. The second-order valence-corrected chi connectivity index (χ2v) is 7.79. The molecule has 1 aliphatic rings. The molecule has 2 unspecified atom stereocenters. The highest BCUT2D eigenvalue weighted by Crippen LogP contribution is 2.31. The number of carbonyl (C=O) groups is 2. The maximum Gasteiger partial charge on any atom is 0.342 e. The van der Waals surface area contributed by atoms with Gasteiger partial charge < -0.3 is 24.3 Å². The molecule has 1 aliphatic heterocycles. The van der Waals surface area contributed by atoms with E-state index in [1.165, 1.54) is 0 Å². The quantitative estimate of drug-likeness (QED) is 0.377. The lowest BCUT2D eigenvalue weighted by Gasteiger charge is -2.27. The molecule has 7 heteroatoms. The Balaban J connectivity index is 1.31. The number of amides is 1. The van der Waals surface area contributed by atoms with E-state index in [0.29, 0.717) is 25.4 Å². The second kappa shape index (κ2) is 11.2. The van der Waals surface area contributed by atoms with Crippen molar-refractivity contribution in [2.75, 3.05) is 19.8 Å². The molecule has 4 rings (SSSR count). The van der Waals surface area contributed by atoms with Gasteiger partial charge >= 0.3 is 5.97 Å². The molecule has 7 nitrogen and oxygen atoms in total. The minimum absolute atomic E-state index is 0.196. The van der Waals surface area contributed by atoms with Crippen molar-refractivity contribution in [3.05, 3.63) is 90.0 Å². The monoisotopic (exact) mass is 461 g/mol. The van der Waals surface area contributed by atoms with Crippen LogP contribution in [-0.4, -0.2) is 37.8 Å². The van der Waals surface area contributed by atoms with Crippen LogP contribution in [0.15, 0.2) is 78.9 Å². The molecule has 3 aromatic rings. The number of para-hydroxylation sites is 3. The first-order valence-electron chi connectivity index (χ1n) is 11.2. The third-order valence-electron chi connectivity index (χ3n) is 5.39. The summed E-state index contributed by atoms with van der Waals surface area (Å²) in [6.07, 6.45) is -0.331. The largest absolute Gasteiger partial charge is 0.493 e. The van der Waals surface area contributed by atoms with Gasteiger partial charge in [-0.05, 0) is 37.3 Å². The normalized spacial score (nSPS) is 15.3. The maximum atomic E-state index is 12.8. The number of esters is 1. The van der Waals surface area contributed by atoms with Crippen LogP contribution in [0.5, 0.6) is 17.2 Å². The molecule has 1 heterocycles. The molecule has 2 atom stereocenters. The Bertz CT molecular complexity index is 1120. The Morgan fingerprint density at radius 1 is 0.941 bits per heavy atom. The predicted molar refractivity (Wildman–Crippen MR) is 126 cm³/mol. The van der Waals surface area contributed by atoms with Gasteiger partial charge in [0.2, 0.25) is 0 Å². The summed E-state index contributed by atoms with van der Waals surface area (Å²) in [4.78, 5) is 25.5. The van der Waals surface area contributed by atoms with Crippen LogP contribution >= 0.6 is 0 Å². The van der Waals surface area contributed by atoms with Crippen LogP contribution in [0, 0.1) is 0 Å². The van der Waals surface area contributed by atoms with Crippen molar-refractivity contribution >= 4 is 11.9 Å². The molecule has 0 saturated carbocycles. The van der Waals surface area contributed by atoms with Crippen molar-refractivity contribution in [2.45, 2.75) is 25.5 Å². The van der Waals surface area contributed by atoms with Crippen LogP contribution in [0.4, 0.5) is 0 Å². The van der Waals surface area contributed by atoms with Crippen molar-refractivity contribution in [1.82, 2.24) is 5.32 Å². The van der Waals surface area contributed by atoms with Crippen molar-refractivity contribution in [2.24, 2.45) is 0 Å². The zero-order valence-corrected chi connectivity index (χ0v) is 18.9. The number of nitrogens with one attached hydrogen (secondary N) is 1. The van der Waals surface area contributed by atoms with E-state index < -0.39 is 12.1 Å². The number of benzene rings is 3. The van der Waals surface area contributed by atoms with Crippen molar-refractivity contribution in [1.29, 1.82) is 0 Å². The highest BCUT2D eigenvalue weighted by molar-refractivity contribution is 5.94. The topological polar surface area (TPSA) is 83.1 Å². The Morgan fingerprint density at radius 3 is 2.50 bits per heavy atom. The van der Waals surface area contributed by atoms with Gasteiger partial charge in [0, 0.05) is 12.0 Å². The highest BCUT2D eigenvalue weighted by Gasteiger charge is 2.27. The fourth-order valence-corrected chi connectivity index (χ4v) is 3.65. The Hall–Kier alpha value is -4.00. The lowest BCUT2D eigenvalue weighted by atomic mass is 10.0. The molecule has 0 fully saturated rings. The highest BCUT2D eigenvalue weighted by atomic mass is 16.6. The minimum atomic E-state index is -0.975. The van der Waals surface area contributed by atoms with E-state index in [1.807, 2.05) is 54.6 Å². The standard InChI is InChI=1S/C27H27NO6/c1-19(26(29)28-23-15-16-32-24-13-7-5-11-21(23)24)34-27(30)22-12-6-8-14-25(22)33-18-17-31-20-9-3-2-4-10-20/h2-14,19,23H,15-18H2,1H3,(H,28,29). The van der Waals surface area contributed by atoms with E-state index >= 15 is 0 Å². The number of carbonyl (C=O) groups excluding carboxylic acids is 2. The van der Waals surface area contributed by atoms with Gasteiger partial charge in [-0.25, -0.2) is 4.79 Å². The number of ether oxygens (including phenoxy) is 4. The average molecular weight is 462 g/mol. The Labute approximate surface area is 198 Å². The molecule has 0 saturated heterocycles. The first-order valence-corrected chi connectivity index (χ1v) is 11.2. The Kier molecular flexibility index (Phi) is 7.65. The molecular formula is C27H27NO6. The summed E-state index contributed by atoms with van der Waals surface area (Å²) < 4.78 is 22.4. The van der Waals surface area contributed by atoms with Crippen LogP contribution in [0.3, 0.4) is 0 Å². The van der Waals surface area contributed by atoms with E-state index in [-0.39, 0.29) is 24.1 Å². The molecule has 0 bridgehead atoms. The van der Waals surface area contributed by atoms with Gasteiger partial charge in [0.1, 0.15) is 36.0 Å². The summed E-state index contributed by atoms with van der Waals surface area (Å²) in [7, 11) is 0. The molecule has 1 amide bonds. The zero-order valence-electron chi connectivity index (χ0n) is 18.9. The van der Waals surface area contributed by atoms with E-state index in [4.69, 9.17) is 18.9 Å². The third-order valence-corrected chi connectivity index (χ3v) is 5.39. The van der Waals surface area contributed by atoms with Gasteiger partial charge in [0.05, 0.1) is 12.6 Å². The number of rotatable bonds is 9. The van der Waals surface area contributed by atoms with Crippen LogP contribution in [-0.2, 0) is 9.53 Å². The van der Waals surface area contributed by atoms with Gasteiger partial charge in [-0.2, -0.15) is 0 Å². The lowest BCUT2D eigenvalue weighted by molar-refractivity contribution is -0.130. The summed E-state index contributed by atoms with van der Waals surface area (Å²) in [6.45, 7) is 2.63. The second-order valence-electron chi connectivity index (χ2n) is 7.79. The zero-order chi connectivity index (χ0) is 23.8. The lowest BCUT2D eigenvalue weighted by Crippen LogP contribution is -2.39. The number of fused-ring (bicyclic) bond motifs is 1. The van der Waals surface area contributed by atoms with Crippen molar-refractivity contribution < 1.29 is 28.5 Å². The summed E-state index contributed by atoms with van der Waals surface area (Å²) in [5, 5.41) is 2.96. The SMILES string of the molecule is CC(OC(=O)c1ccccc1OCCOc1ccccc1)C(=O)NC1CCOc2ccccc21. The Morgan fingerprint density at radius 2 is 1.65 bits per heavy atom.